The molecule has 2 aliphatic rings. The normalized spacial score (nSPS) is 25.5. The van der Waals surface area contributed by atoms with Gasteiger partial charge in [-0.25, -0.2) is 4.79 Å². The zero-order valence-corrected chi connectivity index (χ0v) is 8.31. The fraction of sp³-hybridized carbons (Fsp3) is 0.900. The number of nitrogens with zero attached hydrogens (tertiary/aromatic N) is 1. The van der Waals surface area contributed by atoms with Crippen LogP contribution in [0.1, 0.15) is 39.0 Å². The lowest BCUT2D eigenvalue weighted by molar-refractivity contribution is 0.182. The maximum absolute atomic E-state index is 11.7. The third-order valence-corrected chi connectivity index (χ3v) is 3.05. The molecule has 0 unspecified atom stereocenters. The van der Waals surface area contributed by atoms with Gasteiger partial charge in [0.1, 0.15) is 0 Å². The van der Waals surface area contributed by atoms with Crippen LogP contribution in [0.5, 0.6) is 0 Å². The molecule has 74 valence electrons. The van der Waals surface area contributed by atoms with Gasteiger partial charge in [-0.3, -0.25) is 0 Å². The Kier molecular flexibility index (Phi) is 2.18. The summed E-state index contributed by atoms with van der Waals surface area (Å²) in [4.78, 5) is 13.6. The van der Waals surface area contributed by atoms with Gasteiger partial charge in [-0.15, -0.1) is 0 Å². The lowest BCUT2D eigenvalue weighted by Crippen LogP contribution is -2.46. The van der Waals surface area contributed by atoms with Gasteiger partial charge in [0.25, 0.3) is 0 Å². The number of amides is 2. The highest BCUT2D eigenvalue weighted by Crippen LogP contribution is 2.34. The molecule has 0 aromatic rings. The van der Waals surface area contributed by atoms with E-state index in [1.54, 1.807) is 0 Å². The van der Waals surface area contributed by atoms with Gasteiger partial charge in [-0.2, -0.15) is 0 Å². The lowest BCUT2D eigenvalue weighted by atomic mass is 10.1. The summed E-state index contributed by atoms with van der Waals surface area (Å²) in [6.07, 6.45) is 5.91. The maximum Gasteiger partial charge on any atom is 0.317 e. The van der Waals surface area contributed by atoms with Gasteiger partial charge in [0.15, 0.2) is 0 Å². The Bertz CT molecular complexity index is 205. The lowest BCUT2D eigenvalue weighted by Gasteiger charge is -2.28. The van der Waals surface area contributed by atoms with Crippen LogP contribution in [0.4, 0.5) is 4.79 Å². The van der Waals surface area contributed by atoms with E-state index in [0.29, 0.717) is 0 Å². The number of carbonyl (C=O) groups excluding carboxylic acids is 1. The molecule has 2 rings (SSSR count). The highest BCUT2D eigenvalue weighted by molar-refractivity contribution is 5.75. The zero-order chi connectivity index (χ0) is 9.31. The molecule has 0 aromatic carbocycles. The molecule has 3 heteroatoms. The average molecular weight is 182 g/mol. The summed E-state index contributed by atoms with van der Waals surface area (Å²) in [6.45, 7) is 4.01. The van der Waals surface area contributed by atoms with Crippen molar-refractivity contribution >= 4 is 6.03 Å². The summed E-state index contributed by atoms with van der Waals surface area (Å²) in [7, 11) is 0. The SMILES string of the molecule is CC1(NC(=O)N2CCCCC2)CC1. The molecule has 0 atom stereocenters. The molecule has 1 heterocycles. The van der Waals surface area contributed by atoms with Crippen molar-refractivity contribution in [3.63, 3.8) is 0 Å². The molecule has 0 aromatic heterocycles. The van der Waals surface area contributed by atoms with Gasteiger partial charge in [0.2, 0.25) is 0 Å². The van der Waals surface area contributed by atoms with E-state index in [9.17, 15) is 4.79 Å². The van der Waals surface area contributed by atoms with Gasteiger partial charge < -0.3 is 10.2 Å². The van der Waals surface area contributed by atoms with Crippen molar-refractivity contribution in [2.45, 2.75) is 44.6 Å². The van der Waals surface area contributed by atoms with Crippen molar-refractivity contribution in [1.82, 2.24) is 10.2 Å². The van der Waals surface area contributed by atoms with Crippen LogP contribution in [-0.4, -0.2) is 29.6 Å². The van der Waals surface area contributed by atoms with Gasteiger partial charge in [0, 0.05) is 18.6 Å². The molecule has 1 saturated carbocycles. The van der Waals surface area contributed by atoms with Gasteiger partial charge in [-0.1, -0.05) is 0 Å². The van der Waals surface area contributed by atoms with Gasteiger partial charge in [0.05, 0.1) is 0 Å². The molecule has 0 spiro atoms. The molecule has 0 bridgehead atoms. The van der Waals surface area contributed by atoms with Crippen LogP contribution >= 0.6 is 0 Å². The number of hydrogen-bond acceptors (Lipinski definition) is 1. The predicted molar refractivity (Wildman–Crippen MR) is 51.6 cm³/mol. The largest absolute Gasteiger partial charge is 0.333 e. The van der Waals surface area contributed by atoms with Gasteiger partial charge in [-0.05, 0) is 39.0 Å². The fourth-order valence-electron chi connectivity index (χ4n) is 1.75. The topological polar surface area (TPSA) is 32.3 Å². The van der Waals surface area contributed by atoms with E-state index in [2.05, 4.69) is 12.2 Å². The summed E-state index contributed by atoms with van der Waals surface area (Å²) in [5.74, 6) is 0. The third kappa shape index (κ3) is 2.14. The molecule has 13 heavy (non-hydrogen) atoms. The second-order valence-electron chi connectivity index (χ2n) is 4.54. The molecular formula is C10H18N2O. The molecule has 1 aliphatic heterocycles. The Labute approximate surface area is 79.5 Å². The second-order valence-corrected chi connectivity index (χ2v) is 4.54. The van der Waals surface area contributed by atoms with E-state index in [4.69, 9.17) is 0 Å². The van der Waals surface area contributed by atoms with Crippen molar-refractivity contribution in [3.8, 4) is 0 Å². The number of rotatable bonds is 1. The summed E-state index contributed by atoms with van der Waals surface area (Å²) >= 11 is 0. The minimum atomic E-state index is 0.133. The average Bonchev–Trinajstić information content (AvgIpc) is 2.85. The quantitative estimate of drug-likeness (QED) is 0.658. The van der Waals surface area contributed by atoms with Crippen molar-refractivity contribution in [2.75, 3.05) is 13.1 Å². The monoisotopic (exact) mass is 182 g/mol. The predicted octanol–water partition coefficient (Wildman–Crippen LogP) is 1.73. The molecular weight excluding hydrogens is 164 g/mol. The van der Waals surface area contributed by atoms with E-state index < -0.39 is 0 Å². The second kappa shape index (κ2) is 3.20. The number of urea groups is 1. The minimum Gasteiger partial charge on any atom is -0.333 e. The van der Waals surface area contributed by atoms with E-state index in [0.717, 1.165) is 25.9 Å². The van der Waals surface area contributed by atoms with Crippen LogP contribution in [0.25, 0.3) is 0 Å². The molecule has 2 amide bonds. The Balaban J connectivity index is 1.81. The molecule has 1 aliphatic carbocycles. The molecule has 2 fully saturated rings. The fourth-order valence-corrected chi connectivity index (χ4v) is 1.75. The van der Waals surface area contributed by atoms with Crippen LogP contribution in [0.15, 0.2) is 0 Å². The first-order chi connectivity index (χ1) is 6.20. The van der Waals surface area contributed by atoms with Crippen molar-refractivity contribution in [2.24, 2.45) is 0 Å². The van der Waals surface area contributed by atoms with Crippen molar-refractivity contribution in [1.29, 1.82) is 0 Å². The first-order valence-corrected chi connectivity index (χ1v) is 5.27. The summed E-state index contributed by atoms with van der Waals surface area (Å²) in [5, 5.41) is 3.09. The standard InChI is InChI=1S/C10H18N2O/c1-10(5-6-10)11-9(13)12-7-3-2-4-8-12/h2-8H2,1H3,(H,11,13). The van der Waals surface area contributed by atoms with Crippen LogP contribution in [0, 0.1) is 0 Å². The smallest absolute Gasteiger partial charge is 0.317 e. The molecule has 1 N–H and O–H groups in total. The Morgan fingerprint density at radius 1 is 1.23 bits per heavy atom. The Hall–Kier alpha value is -0.730. The molecule has 0 radical (unpaired) electrons. The number of likely N-dealkylation sites (tertiary alicyclic amines) is 1. The number of piperidine rings is 1. The zero-order valence-electron chi connectivity index (χ0n) is 8.31. The summed E-state index contributed by atoms with van der Waals surface area (Å²) < 4.78 is 0. The van der Waals surface area contributed by atoms with E-state index in [-0.39, 0.29) is 11.6 Å². The number of carbonyl (C=O) groups is 1. The highest BCUT2D eigenvalue weighted by Gasteiger charge is 2.39. The van der Waals surface area contributed by atoms with Crippen molar-refractivity contribution < 1.29 is 4.79 Å². The minimum absolute atomic E-state index is 0.133. The molecule has 3 nitrogen and oxygen atoms in total. The van der Waals surface area contributed by atoms with Crippen LogP contribution in [0.2, 0.25) is 0 Å². The van der Waals surface area contributed by atoms with Crippen molar-refractivity contribution in [3.05, 3.63) is 0 Å². The maximum atomic E-state index is 11.7. The number of hydrogen-bond donors (Lipinski definition) is 1. The van der Waals surface area contributed by atoms with E-state index >= 15 is 0 Å². The van der Waals surface area contributed by atoms with Crippen LogP contribution in [0.3, 0.4) is 0 Å². The van der Waals surface area contributed by atoms with Crippen LogP contribution < -0.4 is 5.32 Å². The first-order valence-electron chi connectivity index (χ1n) is 5.27. The first kappa shape index (κ1) is 8.85. The van der Waals surface area contributed by atoms with E-state index in [1.165, 1.54) is 19.3 Å². The number of nitrogens with one attached hydrogen (secondary N) is 1. The van der Waals surface area contributed by atoms with Gasteiger partial charge >= 0.3 is 6.03 Å². The molecule has 1 saturated heterocycles. The van der Waals surface area contributed by atoms with E-state index in [1.807, 2.05) is 4.90 Å². The Morgan fingerprint density at radius 3 is 2.38 bits per heavy atom. The summed E-state index contributed by atoms with van der Waals surface area (Å²) in [6, 6.07) is 0.153. The van der Waals surface area contributed by atoms with Crippen LogP contribution in [-0.2, 0) is 0 Å². The highest BCUT2D eigenvalue weighted by atomic mass is 16.2. The summed E-state index contributed by atoms with van der Waals surface area (Å²) in [5.41, 5.74) is 0.133. The third-order valence-electron chi connectivity index (χ3n) is 3.05. The Morgan fingerprint density at radius 2 is 1.85 bits per heavy atom.